The number of benzene rings is 2. The number of halogens is 2. The Balaban J connectivity index is 2.20. The van der Waals surface area contributed by atoms with Crippen LogP contribution < -0.4 is 5.73 Å². The van der Waals surface area contributed by atoms with E-state index in [-0.39, 0.29) is 11.1 Å². The van der Waals surface area contributed by atoms with Gasteiger partial charge in [0.25, 0.3) is 0 Å². The Kier molecular flexibility index (Phi) is 4.23. The second-order valence-corrected chi connectivity index (χ2v) is 5.33. The molecule has 19 heavy (non-hydrogen) atoms. The van der Waals surface area contributed by atoms with Crippen LogP contribution >= 0.6 is 11.6 Å². The van der Waals surface area contributed by atoms with Gasteiger partial charge in [0.1, 0.15) is 5.82 Å². The number of rotatable bonds is 3. The summed E-state index contributed by atoms with van der Waals surface area (Å²) >= 11 is 5.67. The molecule has 0 saturated carbocycles. The minimum Gasteiger partial charge on any atom is -0.324 e. The molecular formula is C16H17ClFN. The van der Waals surface area contributed by atoms with E-state index in [1.165, 1.54) is 17.2 Å². The summed E-state index contributed by atoms with van der Waals surface area (Å²) in [4.78, 5) is 0. The second kappa shape index (κ2) is 5.72. The van der Waals surface area contributed by atoms with Crippen LogP contribution in [-0.2, 0) is 6.42 Å². The highest BCUT2D eigenvalue weighted by molar-refractivity contribution is 6.30. The Morgan fingerprint density at radius 2 is 1.89 bits per heavy atom. The van der Waals surface area contributed by atoms with Crippen LogP contribution in [0.15, 0.2) is 36.4 Å². The molecule has 1 unspecified atom stereocenters. The van der Waals surface area contributed by atoms with Gasteiger partial charge in [-0.1, -0.05) is 41.4 Å². The molecule has 0 aliphatic rings. The van der Waals surface area contributed by atoms with Gasteiger partial charge in [0, 0.05) is 6.04 Å². The summed E-state index contributed by atoms with van der Waals surface area (Å²) in [5.41, 5.74) is 10.5. The Hall–Kier alpha value is -1.38. The predicted molar refractivity (Wildman–Crippen MR) is 78.0 cm³/mol. The third-order valence-electron chi connectivity index (χ3n) is 3.26. The number of hydrogen-bond acceptors (Lipinski definition) is 1. The minimum absolute atomic E-state index is 0.138. The van der Waals surface area contributed by atoms with Crippen molar-refractivity contribution in [1.29, 1.82) is 0 Å². The van der Waals surface area contributed by atoms with E-state index in [9.17, 15) is 4.39 Å². The topological polar surface area (TPSA) is 26.0 Å². The minimum atomic E-state index is -0.396. The molecule has 0 fully saturated rings. The zero-order valence-electron chi connectivity index (χ0n) is 11.1. The molecule has 2 N–H and O–H groups in total. The summed E-state index contributed by atoms with van der Waals surface area (Å²) in [5, 5.41) is 0.142. The van der Waals surface area contributed by atoms with E-state index in [4.69, 9.17) is 17.3 Å². The Bertz CT molecular complexity index is 595. The predicted octanol–water partition coefficient (Wildman–Crippen LogP) is 4.34. The lowest BCUT2D eigenvalue weighted by Gasteiger charge is -2.15. The Labute approximate surface area is 118 Å². The molecule has 2 aromatic carbocycles. The van der Waals surface area contributed by atoms with E-state index < -0.39 is 5.82 Å². The summed E-state index contributed by atoms with van der Waals surface area (Å²) in [5.74, 6) is -0.396. The number of aryl methyl sites for hydroxylation is 2. The zero-order chi connectivity index (χ0) is 14.0. The molecule has 1 nitrogen and oxygen atoms in total. The van der Waals surface area contributed by atoms with Gasteiger partial charge in [-0.25, -0.2) is 4.39 Å². The van der Waals surface area contributed by atoms with Crippen molar-refractivity contribution in [1.82, 2.24) is 0 Å². The van der Waals surface area contributed by atoms with Crippen LogP contribution in [0.4, 0.5) is 4.39 Å². The standard InChI is InChI=1S/C16H17ClFN/c1-10-3-5-13(11(2)7-10)16(19)9-12-4-6-14(17)15(18)8-12/h3-8,16H,9,19H2,1-2H3. The van der Waals surface area contributed by atoms with Gasteiger partial charge in [0.2, 0.25) is 0 Å². The molecule has 1 atom stereocenters. The average Bonchev–Trinajstić information content (AvgIpc) is 2.33. The molecule has 0 aromatic heterocycles. The SMILES string of the molecule is Cc1ccc(C(N)Cc2ccc(Cl)c(F)c2)c(C)c1. The molecule has 0 radical (unpaired) electrons. The lowest BCUT2D eigenvalue weighted by Crippen LogP contribution is -2.14. The Morgan fingerprint density at radius 1 is 1.16 bits per heavy atom. The molecule has 0 aliphatic heterocycles. The molecule has 0 heterocycles. The molecule has 2 aromatic rings. The van der Waals surface area contributed by atoms with Crippen LogP contribution in [0.3, 0.4) is 0 Å². The lowest BCUT2D eigenvalue weighted by atomic mass is 9.95. The third kappa shape index (κ3) is 3.34. The first-order valence-electron chi connectivity index (χ1n) is 6.24. The van der Waals surface area contributed by atoms with Gasteiger partial charge < -0.3 is 5.73 Å². The van der Waals surface area contributed by atoms with Gasteiger partial charge >= 0.3 is 0 Å². The van der Waals surface area contributed by atoms with Gasteiger partial charge in [-0.05, 0) is 49.1 Å². The highest BCUT2D eigenvalue weighted by atomic mass is 35.5. The van der Waals surface area contributed by atoms with Gasteiger partial charge in [-0.15, -0.1) is 0 Å². The highest BCUT2D eigenvalue weighted by Crippen LogP contribution is 2.23. The number of nitrogens with two attached hydrogens (primary N) is 1. The van der Waals surface area contributed by atoms with Crippen molar-refractivity contribution in [2.75, 3.05) is 0 Å². The molecule has 0 bridgehead atoms. The van der Waals surface area contributed by atoms with Crippen molar-refractivity contribution < 1.29 is 4.39 Å². The average molecular weight is 278 g/mol. The Morgan fingerprint density at radius 3 is 2.53 bits per heavy atom. The molecular weight excluding hydrogens is 261 g/mol. The zero-order valence-corrected chi connectivity index (χ0v) is 11.8. The first kappa shape index (κ1) is 14.0. The van der Waals surface area contributed by atoms with E-state index in [0.717, 1.165) is 11.1 Å². The van der Waals surface area contributed by atoms with Crippen molar-refractivity contribution in [3.05, 3.63) is 69.5 Å². The quantitative estimate of drug-likeness (QED) is 0.887. The van der Waals surface area contributed by atoms with Crippen molar-refractivity contribution in [3.8, 4) is 0 Å². The van der Waals surface area contributed by atoms with Crippen LogP contribution in [0.5, 0.6) is 0 Å². The summed E-state index contributed by atoms with van der Waals surface area (Å²) in [6.45, 7) is 4.10. The highest BCUT2D eigenvalue weighted by Gasteiger charge is 2.11. The summed E-state index contributed by atoms with van der Waals surface area (Å²) in [7, 11) is 0. The van der Waals surface area contributed by atoms with Crippen molar-refractivity contribution >= 4 is 11.6 Å². The van der Waals surface area contributed by atoms with Crippen LogP contribution in [-0.4, -0.2) is 0 Å². The summed E-state index contributed by atoms with van der Waals surface area (Å²) < 4.78 is 13.4. The summed E-state index contributed by atoms with van der Waals surface area (Å²) in [6.07, 6.45) is 0.595. The van der Waals surface area contributed by atoms with Gasteiger partial charge in [-0.3, -0.25) is 0 Å². The molecule has 3 heteroatoms. The molecule has 100 valence electrons. The van der Waals surface area contributed by atoms with Gasteiger partial charge in [0.05, 0.1) is 5.02 Å². The first-order chi connectivity index (χ1) is 8.97. The summed E-state index contributed by atoms with van der Waals surface area (Å²) in [6, 6.07) is 10.9. The fraction of sp³-hybridized carbons (Fsp3) is 0.250. The first-order valence-corrected chi connectivity index (χ1v) is 6.62. The van der Waals surface area contributed by atoms with Gasteiger partial charge in [-0.2, -0.15) is 0 Å². The van der Waals surface area contributed by atoms with Crippen LogP contribution in [0, 0.1) is 19.7 Å². The molecule has 0 spiro atoms. The molecule has 0 saturated heterocycles. The largest absolute Gasteiger partial charge is 0.324 e. The second-order valence-electron chi connectivity index (χ2n) is 4.92. The van der Waals surface area contributed by atoms with E-state index in [1.807, 2.05) is 25.1 Å². The number of hydrogen-bond donors (Lipinski definition) is 1. The maximum Gasteiger partial charge on any atom is 0.142 e. The van der Waals surface area contributed by atoms with Crippen LogP contribution in [0.2, 0.25) is 5.02 Å². The van der Waals surface area contributed by atoms with Crippen molar-refractivity contribution in [2.24, 2.45) is 5.73 Å². The fourth-order valence-corrected chi connectivity index (χ4v) is 2.39. The molecule has 0 amide bonds. The lowest BCUT2D eigenvalue weighted by molar-refractivity contribution is 0.622. The van der Waals surface area contributed by atoms with Crippen LogP contribution in [0.1, 0.15) is 28.3 Å². The molecule has 2 rings (SSSR count). The fourth-order valence-electron chi connectivity index (χ4n) is 2.27. The van der Waals surface area contributed by atoms with E-state index >= 15 is 0 Å². The van der Waals surface area contributed by atoms with E-state index in [2.05, 4.69) is 13.0 Å². The normalized spacial score (nSPS) is 12.5. The maximum absolute atomic E-state index is 13.4. The third-order valence-corrected chi connectivity index (χ3v) is 3.57. The maximum atomic E-state index is 13.4. The van der Waals surface area contributed by atoms with E-state index in [0.29, 0.717) is 6.42 Å². The molecule has 0 aliphatic carbocycles. The monoisotopic (exact) mass is 277 g/mol. The van der Waals surface area contributed by atoms with Crippen molar-refractivity contribution in [2.45, 2.75) is 26.3 Å². The smallest absolute Gasteiger partial charge is 0.142 e. The van der Waals surface area contributed by atoms with Gasteiger partial charge in [0.15, 0.2) is 0 Å². The van der Waals surface area contributed by atoms with Crippen LogP contribution in [0.25, 0.3) is 0 Å². The van der Waals surface area contributed by atoms with E-state index in [1.54, 1.807) is 6.07 Å². The van der Waals surface area contributed by atoms with Crippen molar-refractivity contribution in [3.63, 3.8) is 0 Å².